The van der Waals surface area contributed by atoms with Gasteiger partial charge in [0, 0.05) is 0 Å². The van der Waals surface area contributed by atoms with Crippen molar-refractivity contribution in [1.29, 1.82) is 0 Å². The van der Waals surface area contributed by atoms with Gasteiger partial charge >= 0.3 is 0 Å². The van der Waals surface area contributed by atoms with E-state index in [1.165, 1.54) is 12.8 Å². The lowest BCUT2D eigenvalue weighted by molar-refractivity contribution is 0.0165. The topological polar surface area (TPSA) is 32.3 Å². The molecule has 0 aromatic heterocycles. The molecule has 1 unspecified atom stereocenters. The Balaban J connectivity index is 2.24. The van der Waals surface area contributed by atoms with Crippen molar-refractivity contribution < 1.29 is 5.11 Å². The molecule has 0 spiro atoms. The molecule has 0 aromatic rings. The molecular weight excluding hydrogens is 174 g/mol. The van der Waals surface area contributed by atoms with E-state index in [9.17, 15) is 5.11 Å². The van der Waals surface area contributed by atoms with Gasteiger partial charge in [-0.1, -0.05) is 26.7 Å². The number of hydrogen-bond donors (Lipinski definition) is 2. The van der Waals surface area contributed by atoms with Crippen LogP contribution in [0.5, 0.6) is 0 Å². The Morgan fingerprint density at radius 3 is 2.79 bits per heavy atom. The molecule has 0 saturated carbocycles. The van der Waals surface area contributed by atoms with Crippen LogP contribution in [0, 0.1) is 5.92 Å². The SMILES string of the molecule is CC(C)CCCC1(O)CCCNCC1. The van der Waals surface area contributed by atoms with Crippen LogP contribution in [0.4, 0.5) is 0 Å². The molecule has 1 aliphatic rings. The van der Waals surface area contributed by atoms with Crippen LogP contribution in [0.25, 0.3) is 0 Å². The van der Waals surface area contributed by atoms with Gasteiger partial charge in [-0.15, -0.1) is 0 Å². The number of hydrogen-bond acceptors (Lipinski definition) is 2. The molecule has 84 valence electrons. The average Bonchev–Trinajstić information content (AvgIpc) is 2.30. The van der Waals surface area contributed by atoms with Crippen molar-refractivity contribution in [2.75, 3.05) is 13.1 Å². The smallest absolute Gasteiger partial charge is 0.0660 e. The summed E-state index contributed by atoms with van der Waals surface area (Å²) in [6, 6.07) is 0. The van der Waals surface area contributed by atoms with Crippen molar-refractivity contribution in [3.05, 3.63) is 0 Å². The maximum atomic E-state index is 10.3. The Bertz CT molecular complexity index is 148. The van der Waals surface area contributed by atoms with Crippen LogP contribution >= 0.6 is 0 Å². The van der Waals surface area contributed by atoms with E-state index in [4.69, 9.17) is 0 Å². The van der Waals surface area contributed by atoms with Gasteiger partial charge in [0.2, 0.25) is 0 Å². The third kappa shape index (κ3) is 4.43. The third-order valence-corrected chi connectivity index (χ3v) is 3.19. The fourth-order valence-corrected chi connectivity index (χ4v) is 2.20. The molecule has 0 radical (unpaired) electrons. The highest BCUT2D eigenvalue weighted by Crippen LogP contribution is 2.26. The molecule has 2 N–H and O–H groups in total. The van der Waals surface area contributed by atoms with E-state index in [0.717, 1.165) is 44.7 Å². The van der Waals surface area contributed by atoms with Gasteiger partial charge in [-0.05, 0) is 44.7 Å². The predicted octanol–water partition coefficient (Wildman–Crippen LogP) is 2.32. The summed E-state index contributed by atoms with van der Waals surface area (Å²) in [5.74, 6) is 0.766. The molecule has 1 aliphatic heterocycles. The molecule has 14 heavy (non-hydrogen) atoms. The Morgan fingerprint density at radius 1 is 1.29 bits per heavy atom. The zero-order valence-electron chi connectivity index (χ0n) is 9.68. The lowest BCUT2D eigenvalue weighted by Gasteiger charge is -2.26. The molecule has 0 bridgehead atoms. The van der Waals surface area contributed by atoms with Crippen molar-refractivity contribution in [3.63, 3.8) is 0 Å². The van der Waals surface area contributed by atoms with Gasteiger partial charge in [0.25, 0.3) is 0 Å². The van der Waals surface area contributed by atoms with E-state index in [1.54, 1.807) is 0 Å². The number of rotatable bonds is 4. The first-order chi connectivity index (χ1) is 6.62. The molecule has 2 heteroatoms. The molecular formula is C12H25NO. The summed E-state index contributed by atoms with van der Waals surface area (Å²) in [6.07, 6.45) is 6.46. The summed E-state index contributed by atoms with van der Waals surface area (Å²) < 4.78 is 0. The maximum absolute atomic E-state index is 10.3. The lowest BCUT2D eigenvalue weighted by atomic mass is 9.88. The zero-order valence-corrected chi connectivity index (χ0v) is 9.68. The Hall–Kier alpha value is -0.0800. The summed E-state index contributed by atoms with van der Waals surface area (Å²) in [4.78, 5) is 0. The maximum Gasteiger partial charge on any atom is 0.0660 e. The number of aliphatic hydroxyl groups is 1. The summed E-state index contributed by atoms with van der Waals surface area (Å²) >= 11 is 0. The highest BCUT2D eigenvalue weighted by atomic mass is 16.3. The van der Waals surface area contributed by atoms with E-state index >= 15 is 0 Å². The summed E-state index contributed by atoms with van der Waals surface area (Å²) in [6.45, 7) is 6.56. The van der Waals surface area contributed by atoms with Gasteiger partial charge in [-0.3, -0.25) is 0 Å². The second kappa shape index (κ2) is 5.72. The average molecular weight is 199 g/mol. The minimum absolute atomic E-state index is 0.363. The standard InChI is InChI=1S/C12H25NO/c1-11(2)5-3-6-12(14)7-4-9-13-10-8-12/h11,13-14H,3-10H2,1-2H3. The molecule has 1 saturated heterocycles. The molecule has 0 aliphatic carbocycles. The Kier molecular flexibility index (Phi) is 4.90. The zero-order chi connectivity index (χ0) is 10.4. The van der Waals surface area contributed by atoms with Gasteiger partial charge in [0.05, 0.1) is 5.60 Å². The molecule has 1 fully saturated rings. The molecule has 1 atom stereocenters. The van der Waals surface area contributed by atoms with E-state index < -0.39 is 0 Å². The highest BCUT2D eigenvalue weighted by Gasteiger charge is 2.26. The van der Waals surface area contributed by atoms with Crippen LogP contribution in [0.15, 0.2) is 0 Å². The Labute approximate surface area is 88.1 Å². The molecule has 1 heterocycles. The van der Waals surface area contributed by atoms with Crippen molar-refractivity contribution in [2.24, 2.45) is 5.92 Å². The quantitative estimate of drug-likeness (QED) is 0.728. The largest absolute Gasteiger partial charge is 0.390 e. The minimum atomic E-state index is -0.363. The van der Waals surface area contributed by atoms with Gasteiger partial charge in [-0.25, -0.2) is 0 Å². The summed E-state index contributed by atoms with van der Waals surface area (Å²) in [5.41, 5.74) is -0.363. The number of nitrogens with one attached hydrogen (secondary N) is 1. The van der Waals surface area contributed by atoms with E-state index in [2.05, 4.69) is 19.2 Å². The summed E-state index contributed by atoms with van der Waals surface area (Å²) in [7, 11) is 0. The van der Waals surface area contributed by atoms with Crippen molar-refractivity contribution >= 4 is 0 Å². The predicted molar refractivity (Wildman–Crippen MR) is 60.4 cm³/mol. The molecule has 2 nitrogen and oxygen atoms in total. The van der Waals surface area contributed by atoms with Crippen LogP contribution in [-0.4, -0.2) is 23.8 Å². The normalized spacial score (nSPS) is 29.1. The van der Waals surface area contributed by atoms with Crippen molar-refractivity contribution in [1.82, 2.24) is 5.32 Å². The van der Waals surface area contributed by atoms with Crippen LogP contribution in [0.3, 0.4) is 0 Å². The second-order valence-corrected chi connectivity index (χ2v) is 5.11. The molecule has 0 amide bonds. The third-order valence-electron chi connectivity index (χ3n) is 3.19. The van der Waals surface area contributed by atoms with Crippen LogP contribution in [0.1, 0.15) is 52.4 Å². The van der Waals surface area contributed by atoms with Gasteiger partial charge in [0.15, 0.2) is 0 Å². The first-order valence-electron chi connectivity index (χ1n) is 6.05. The van der Waals surface area contributed by atoms with E-state index in [0.29, 0.717) is 0 Å². The first kappa shape index (κ1) is 12.0. The fraction of sp³-hybridized carbons (Fsp3) is 1.00. The first-order valence-corrected chi connectivity index (χ1v) is 6.05. The van der Waals surface area contributed by atoms with Crippen molar-refractivity contribution in [2.45, 2.75) is 58.0 Å². The fourth-order valence-electron chi connectivity index (χ4n) is 2.20. The van der Waals surface area contributed by atoms with Crippen molar-refractivity contribution in [3.8, 4) is 0 Å². The second-order valence-electron chi connectivity index (χ2n) is 5.11. The Morgan fingerprint density at radius 2 is 2.07 bits per heavy atom. The molecule has 0 aromatic carbocycles. The van der Waals surface area contributed by atoms with Crippen LogP contribution < -0.4 is 5.32 Å². The monoisotopic (exact) mass is 199 g/mol. The molecule has 1 rings (SSSR count). The van der Waals surface area contributed by atoms with E-state index in [1.807, 2.05) is 0 Å². The van der Waals surface area contributed by atoms with Gasteiger partial charge in [0.1, 0.15) is 0 Å². The highest BCUT2D eigenvalue weighted by molar-refractivity contribution is 4.82. The summed E-state index contributed by atoms with van der Waals surface area (Å²) in [5, 5.41) is 13.7. The van der Waals surface area contributed by atoms with E-state index in [-0.39, 0.29) is 5.60 Å². The van der Waals surface area contributed by atoms with Crippen LogP contribution in [-0.2, 0) is 0 Å². The van der Waals surface area contributed by atoms with Gasteiger partial charge < -0.3 is 10.4 Å². The van der Waals surface area contributed by atoms with Crippen LogP contribution in [0.2, 0.25) is 0 Å². The lowest BCUT2D eigenvalue weighted by Crippen LogP contribution is -2.29. The van der Waals surface area contributed by atoms with Gasteiger partial charge in [-0.2, -0.15) is 0 Å². The minimum Gasteiger partial charge on any atom is -0.390 e.